The molecule has 2 N–H and O–H groups in total. The standard InChI is InChI=1S/C19H18F3N3O/c20-19(21,22)14-3-1-12(2-4-14)13-6-9-23-16(11-13)15-5-7-18(25-15)8-10-24-17(18)26/h1-4,6,9,11,15,25H,5,7-8,10H2,(H,24,26)/t15-,18+/m1/s1. The maximum absolute atomic E-state index is 12.7. The quantitative estimate of drug-likeness (QED) is 0.862. The van der Waals surface area contributed by atoms with Crippen molar-refractivity contribution >= 4 is 5.91 Å². The SMILES string of the molecule is O=C1NCC[C@@]12CC[C@H](c1cc(-c3ccc(C(F)(F)F)cc3)ccn1)N2. The Hall–Kier alpha value is -2.41. The van der Waals surface area contributed by atoms with Crippen LogP contribution in [0, 0.1) is 0 Å². The van der Waals surface area contributed by atoms with Gasteiger partial charge in [-0.15, -0.1) is 0 Å². The lowest BCUT2D eigenvalue weighted by Crippen LogP contribution is -2.47. The summed E-state index contributed by atoms with van der Waals surface area (Å²) in [6.45, 7) is 0.678. The number of amides is 1. The van der Waals surface area contributed by atoms with E-state index in [-0.39, 0.29) is 11.9 Å². The molecule has 1 spiro atoms. The van der Waals surface area contributed by atoms with Gasteiger partial charge in [-0.05, 0) is 54.7 Å². The molecule has 2 aliphatic heterocycles. The van der Waals surface area contributed by atoms with Gasteiger partial charge in [0, 0.05) is 12.7 Å². The molecule has 0 radical (unpaired) electrons. The minimum Gasteiger partial charge on any atom is -0.354 e. The zero-order valence-corrected chi connectivity index (χ0v) is 13.9. The molecule has 2 saturated heterocycles. The Morgan fingerprint density at radius 1 is 1.08 bits per heavy atom. The van der Waals surface area contributed by atoms with Gasteiger partial charge in [0.05, 0.1) is 17.3 Å². The van der Waals surface area contributed by atoms with Crippen molar-refractivity contribution in [2.24, 2.45) is 0 Å². The first-order valence-electron chi connectivity index (χ1n) is 8.57. The Bertz CT molecular complexity index is 835. The third-order valence-corrected chi connectivity index (χ3v) is 5.27. The molecule has 4 nitrogen and oxygen atoms in total. The largest absolute Gasteiger partial charge is 0.416 e. The number of aromatic nitrogens is 1. The maximum Gasteiger partial charge on any atom is 0.416 e. The van der Waals surface area contributed by atoms with Crippen molar-refractivity contribution in [2.75, 3.05) is 6.54 Å². The summed E-state index contributed by atoms with van der Waals surface area (Å²) in [5, 5.41) is 6.28. The second-order valence-corrected chi connectivity index (χ2v) is 6.87. The maximum atomic E-state index is 12.7. The van der Waals surface area contributed by atoms with Gasteiger partial charge in [-0.2, -0.15) is 13.2 Å². The molecule has 4 rings (SSSR count). The number of carbonyl (C=O) groups excluding carboxylic acids is 1. The van der Waals surface area contributed by atoms with Crippen molar-refractivity contribution < 1.29 is 18.0 Å². The molecule has 136 valence electrons. The number of halogens is 3. The zero-order valence-electron chi connectivity index (χ0n) is 13.9. The highest BCUT2D eigenvalue weighted by molar-refractivity contribution is 5.88. The highest BCUT2D eigenvalue weighted by Gasteiger charge is 2.48. The summed E-state index contributed by atoms with van der Waals surface area (Å²) in [5.74, 6) is 0.0406. The molecule has 26 heavy (non-hydrogen) atoms. The van der Waals surface area contributed by atoms with Crippen molar-refractivity contribution in [1.82, 2.24) is 15.6 Å². The van der Waals surface area contributed by atoms with Crippen molar-refractivity contribution in [2.45, 2.75) is 37.0 Å². The molecule has 1 amide bonds. The minimum atomic E-state index is -4.34. The van der Waals surface area contributed by atoms with E-state index in [0.717, 1.165) is 42.7 Å². The van der Waals surface area contributed by atoms with Gasteiger partial charge in [-0.3, -0.25) is 15.1 Å². The van der Waals surface area contributed by atoms with Gasteiger partial charge >= 0.3 is 6.18 Å². The summed E-state index contributed by atoms with van der Waals surface area (Å²) >= 11 is 0. The third kappa shape index (κ3) is 2.96. The summed E-state index contributed by atoms with van der Waals surface area (Å²) in [6, 6.07) is 8.73. The van der Waals surface area contributed by atoms with E-state index < -0.39 is 17.3 Å². The van der Waals surface area contributed by atoms with E-state index in [0.29, 0.717) is 12.1 Å². The number of nitrogens with one attached hydrogen (secondary N) is 2. The van der Waals surface area contributed by atoms with Crippen molar-refractivity contribution in [3.8, 4) is 11.1 Å². The van der Waals surface area contributed by atoms with Crippen LogP contribution in [0.2, 0.25) is 0 Å². The monoisotopic (exact) mass is 361 g/mol. The number of benzene rings is 1. The molecule has 2 aliphatic rings. The molecule has 2 fully saturated rings. The molecule has 2 aromatic rings. The second-order valence-electron chi connectivity index (χ2n) is 6.87. The Balaban J connectivity index is 1.57. The third-order valence-electron chi connectivity index (χ3n) is 5.27. The molecule has 1 aromatic heterocycles. The molecule has 0 saturated carbocycles. The summed E-state index contributed by atoms with van der Waals surface area (Å²) in [7, 11) is 0. The molecule has 2 atom stereocenters. The minimum absolute atomic E-state index is 0.0340. The number of hydrogen-bond donors (Lipinski definition) is 2. The van der Waals surface area contributed by atoms with Crippen LogP contribution in [0.3, 0.4) is 0 Å². The Morgan fingerprint density at radius 2 is 1.85 bits per heavy atom. The molecule has 7 heteroatoms. The van der Waals surface area contributed by atoms with E-state index in [2.05, 4.69) is 15.6 Å². The molecule has 1 aromatic carbocycles. The second kappa shape index (κ2) is 6.09. The van der Waals surface area contributed by atoms with Crippen LogP contribution in [0.5, 0.6) is 0 Å². The van der Waals surface area contributed by atoms with Gasteiger partial charge < -0.3 is 5.32 Å². The molecule has 0 bridgehead atoms. The summed E-state index contributed by atoms with van der Waals surface area (Å²) in [6.07, 6.45) is -0.358. The lowest BCUT2D eigenvalue weighted by atomic mass is 9.96. The smallest absolute Gasteiger partial charge is 0.354 e. The van der Waals surface area contributed by atoms with Gasteiger partial charge in [-0.25, -0.2) is 0 Å². The molecule has 3 heterocycles. The summed E-state index contributed by atoms with van der Waals surface area (Å²) in [4.78, 5) is 16.5. The first-order valence-corrected chi connectivity index (χ1v) is 8.57. The predicted molar refractivity (Wildman–Crippen MR) is 90.1 cm³/mol. The van der Waals surface area contributed by atoms with Crippen molar-refractivity contribution in [3.05, 3.63) is 53.9 Å². The van der Waals surface area contributed by atoms with Gasteiger partial charge in [0.15, 0.2) is 0 Å². The van der Waals surface area contributed by atoms with Crippen LogP contribution in [0.15, 0.2) is 42.6 Å². The van der Waals surface area contributed by atoms with Crippen LogP contribution in [0.25, 0.3) is 11.1 Å². The topological polar surface area (TPSA) is 54.0 Å². The van der Waals surface area contributed by atoms with E-state index in [1.54, 1.807) is 12.3 Å². The highest BCUT2D eigenvalue weighted by Crippen LogP contribution is 2.37. The number of rotatable bonds is 2. The first-order chi connectivity index (χ1) is 12.4. The summed E-state index contributed by atoms with van der Waals surface area (Å²) < 4.78 is 38.1. The average Bonchev–Trinajstić information content (AvgIpc) is 3.22. The van der Waals surface area contributed by atoms with E-state index in [4.69, 9.17) is 0 Å². The number of pyridine rings is 1. The fourth-order valence-electron chi connectivity index (χ4n) is 3.81. The van der Waals surface area contributed by atoms with Crippen LogP contribution in [0.4, 0.5) is 13.2 Å². The lowest BCUT2D eigenvalue weighted by Gasteiger charge is -2.21. The first kappa shape index (κ1) is 17.0. The van der Waals surface area contributed by atoms with Crippen LogP contribution in [-0.2, 0) is 11.0 Å². The van der Waals surface area contributed by atoms with Gasteiger partial charge in [0.25, 0.3) is 0 Å². The average molecular weight is 361 g/mol. The fraction of sp³-hybridized carbons (Fsp3) is 0.368. The summed E-state index contributed by atoms with van der Waals surface area (Å²) in [5.41, 5.74) is 1.15. The normalized spacial score (nSPS) is 25.7. The predicted octanol–water partition coefficient (Wildman–Crippen LogP) is 3.45. The number of nitrogens with zero attached hydrogens (tertiary/aromatic N) is 1. The number of hydrogen-bond acceptors (Lipinski definition) is 3. The van der Waals surface area contributed by atoms with Gasteiger partial charge in [-0.1, -0.05) is 12.1 Å². The van der Waals surface area contributed by atoms with E-state index >= 15 is 0 Å². The van der Waals surface area contributed by atoms with Gasteiger partial charge in [0.2, 0.25) is 5.91 Å². The Kier molecular flexibility index (Phi) is 3.99. The Labute approximate surface area is 148 Å². The van der Waals surface area contributed by atoms with Crippen LogP contribution in [0.1, 0.15) is 36.6 Å². The fourth-order valence-corrected chi connectivity index (χ4v) is 3.81. The molecule has 0 unspecified atom stereocenters. The molecule has 0 aliphatic carbocycles. The molecular formula is C19H18F3N3O. The molecular weight excluding hydrogens is 343 g/mol. The van der Waals surface area contributed by atoms with E-state index in [1.807, 2.05) is 6.07 Å². The van der Waals surface area contributed by atoms with E-state index in [1.165, 1.54) is 12.1 Å². The van der Waals surface area contributed by atoms with Crippen LogP contribution in [-0.4, -0.2) is 23.0 Å². The zero-order chi connectivity index (χ0) is 18.4. The highest BCUT2D eigenvalue weighted by atomic mass is 19.4. The van der Waals surface area contributed by atoms with Crippen LogP contribution < -0.4 is 10.6 Å². The number of carbonyl (C=O) groups is 1. The van der Waals surface area contributed by atoms with Crippen molar-refractivity contribution in [3.63, 3.8) is 0 Å². The van der Waals surface area contributed by atoms with Crippen LogP contribution >= 0.6 is 0 Å². The van der Waals surface area contributed by atoms with Gasteiger partial charge in [0.1, 0.15) is 5.54 Å². The Morgan fingerprint density at radius 3 is 2.50 bits per heavy atom. The van der Waals surface area contributed by atoms with Crippen molar-refractivity contribution in [1.29, 1.82) is 0 Å². The lowest BCUT2D eigenvalue weighted by molar-refractivity contribution is -0.137. The van der Waals surface area contributed by atoms with E-state index in [9.17, 15) is 18.0 Å². The number of alkyl halides is 3.